The highest BCUT2D eigenvalue weighted by Gasteiger charge is 2.12. The number of phenols is 2. The summed E-state index contributed by atoms with van der Waals surface area (Å²) in [5, 5.41) is 20.2. The van der Waals surface area contributed by atoms with Crippen molar-refractivity contribution < 1.29 is 10.2 Å². The van der Waals surface area contributed by atoms with E-state index in [9.17, 15) is 10.2 Å². The smallest absolute Gasteiger partial charge is 0.160 e. The van der Waals surface area contributed by atoms with E-state index < -0.39 is 0 Å². The summed E-state index contributed by atoms with van der Waals surface area (Å²) in [6, 6.07) is 3.83. The summed E-state index contributed by atoms with van der Waals surface area (Å²) in [6.45, 7) is 13.7. The second-order valence-electron chi connectivity index (χ2n) is 10.4. The molecule has 26 heavy (non-hydrogen) atoms. The number of hydrogen-bond acceptors (Lipinski definition) is 2. The minimum atomic E-state index is 0.0426. The van der Waals surface area contributed by atoms with Gasteiger partial charge in [-0.05, 0) is 66.5 Å². The topological polar surface area (TPSA) is 40.5 Å². The van der Waals surface area contributed by atoms with E-state index in [4.69, 9.17) is 0 Å². The van der Waals surface area contributed by atoms with Crippen molar-refractivity contribution in [3.63, 3.8) is 0 Å². The summed E-state index contributed by atoms with van der Waals surface area (Å²) in [4.78, 5) is 0. The normalized spacial score (nSPS) is 12.5. The molecule has 0 saturated heterocycles. The number of benzene rings is 1. The number of unbranched alkanes of at least 4 members (excludes halogenated alkanes) is 4. The fourth-order valence-electron chi connectivity index (χ4n) is 3.39. The first-order chi connectivity index (χ1) is 12.0. The Hall–Kier alpha value is -1.18. The lowest BCUT2D eigenvalue weighted by Gasteiger charge is -2.17. The van der Waals surface area contributed by atoms with Crippen LogP contribution in [0.15, 0.2) is 12.1 Å². The molecule has 0 unspecified atom stereocenters. The van der Waals surface area contributed by atoms with Crippen LogP contribution >= 0.6 is 0 Å². The van der Waals surface area contributed by atoms with Gasteiger partial charge in [-0.25, -0.2) is 0 Å². The van der Waals surface area contributed by atoms with Crippen LogP contribution in [0, 0.1) is 10.8 Å². The van der Waals surface area contributed by atoms with Crippen LogP contribution in [-0.4, -0.2) is 10.2 Å². The van der Waals surface area contributed by atoms with Crippen LogP contribution in [0.2, 0.25) is 0 Å². The van der Waals surface area contributed by atoms with Crippen LogP contribution in [0.25, 0.3) is 0 Å². The Bertz CT molecular complexity index is 532. The summed E-state index contributed by atoms with van der Waals surface area (Å²) in [6.07, 6.45) is 11.4. The number of aromatic hydroxyl groups is 2. The summed E-state index contributed by atoms with van der Waals surface area (Å²) < 4.78 is 0. The fourth-order valence-corrected chi connectivity index (χ4v) is 3.39. The summed E-state index contributed by atoms with van der Waals surface area (Å²) in [5.74, 6) is 0.124. The highest BCUT2D eigenvalue weighted by atomic mass is 16.3. The molecule has 0 saturated carbocycles. The Balaban J connectivity index is 2.44. The highest BCUT2D eigenvalue weighted by molar-refractivity contribution is 5.47. The van der Waals surface area contributed by atoms with Gasteiger partial charge in [-0.3, -0.25) is 0 Å². The molecule has 0 aliphatic heterocycles. The molecule has 1 aromatic carbocycles. The minimum Gasteiger partial charge on any atom is -0.504 e. The van der Waals surface area contributed by atoms with Gasteiger partial charge in [0.2, 0.25) is 0 Å². The maximum absolute atomic E-state index is 10.2. The van der Waals surface area contributed by atoms with Crippen molar-refractivity contribution in [2.24, 2.45) is 10.8 Å². The van der Waals surface area contributed by atoms with E-state index in [1.165, 1.54) is 38.5 Å². The Kier molecular flexibility index (Phi) is 9.00. The molecule has 2 N–H and O–H groups in total. The van der Waals surface area contributed by atoms with Gasteiger partial charge in [-0.15, -0.1) is 0 Å². The number of hydrogen-bond donors (Lipinski definition) is 2. The van der Waals surface area contributed by atoms with E-state index in [2.05, 4.69) is 47.6 Å². The van der Waals surface area contributed by atoms with Gasteiger partial charge in [-0.1, -0.05) is 73.3 Å². The third-order valence-electron chi connectivity index (χ3n) is 4.99. The summed E-state index contributed by atoms with van der Waals surface area (Å²) in [5.41, 5.74) is 2.87. The molecule has 0 radical (unpaired) electrons. The van der Waals surface area contributed by atoms with Crippen molar-refractivity contribution in [2.75, 3.05) is 0 Å². The molecular formula is C24H42O2. The van der Waals surface area contributed by atoms with Crippen LogP contribution in [0.4, 0.5) is 0 Å². The number of rotatable bonds is 10. The molecule has 150 valence electrons. The molecule has 0 bridgehead atoms. The largest absolute Gasteiger partial charge is 0.504 e. The predicted molar refractivity (Wildman–Crippen MR) is 113 cm³/mol. The average Bonchev–Trinajstić information content (AvgIpc) is 2.49. The Morgan fingerprint density at radius 3 is 1.73 bits per heavy atom. The van der Waals surface area contributed by atoms with E-state index in [0.29, 0.717) is 10.8 Å². The fraction of sp³-hybridized carbons (Fsp3) is 0.750. The van der Waals surface area contributed by atoms with Gasteiger partial charge < -0.3 is 10.2 Å². The average molecular weight is 363 g/mol. The standard InChI is InChI=1S/C24H42O2/c1-23(2,3)15-11-8-7-9-14-20-17-19(18-21(25)22(20)26)13-10-12-16-24(4,5)6/h17-18,25-26H,7-16H2,1-6H3. The Morgan fingerprint density at radius 2 is 1.15 bits per heavy atom. The zero-order chi connectivity index (χ0) is 19.8. The van der Waals surface area contributed by atoms with Crippen molar-refractivity contribution in [3.8, 4) is 11.5 Å². The second kappa shape index (κ2) is 10.2. The van der Waals surface area contributed by atoms with Gasteiger partial charge in [0.15, 0.2) is 11.5 Å². The van der Waals surface area contributed by atoms with Crippen LogP contribution in [0.3, 0.4) is 0 Å². The molecule has 0 aliphatic carbocycles. The van der Waals surface area contributed by atoms with E-state index in [0.717, 1.165) is 36.8 Å². The molecule has 2 heteroatoms. The van der Waals surface area contributed by atoms with Crippen molar-refractivity contribution in [1.82, 2.24) is 0 Å². The van der Waals surface area contributed by atoms with Crippen LogP contribution in [-0.2, 0) is 12.8 Å². The molecule has 0 atom stereocenters. The first-order valence-corrected chi connectivity index (χ1v) is 10.5. The van der Waals surface area contributed by atoms with Crippen molar-refractivity contribution in [2.45, 2.75) is 106 Å². The molecule has 1 rings (SSSR count). The first kappa shape index (κ1) is 22.9. The lowest BCUT2D eigenvalue weighted by molar-refractivity contribution is 0.357. The SMILES string of the molecule is CC(C)(C)CCCCCCc1cc(CCCCC(C)(C)C)cc(O)c1O. The maximum Gasteiger partial charge on any atom is 0.160 e. The van der Waals surface area contributed by atoms with E-state index >= 15 is 0 Å². The maximum atomic E-state index is 10.2. The van der Waals surface area contributed by atoms with Gasteiger partial charge in [0.05, 0.1) is 0 Å². The van der Waals surface area contributed by atoms with E-state index in [1.807, 2.05) is 0 Å². The lowest BCUT2D eigenvalue weighted by atomic mass is 9.89. The Labute approximate surface area is 162 Å². The van der Waals surface area contributed by atoms with Gasteiger partial charge in [0, 0.05) is 0 Å². The third-order valence-corrected chi connectivity index (χ3v) is 4.99. The lowest BCUT2D eigenvalue weighted by Crippen LogP contribution is -2.04. The van der Waals surface area contributed by atoms with Crippen LogP contribution in [0.1, 0.15) is 104 Å². The van der Waals surface area contributed by atoms with Crippen molar-refractivity contribution in [3.05, 3.63) is 23.3 Å². The van der Waals surface area contributed by atoms with Gasteiger partial charge in [0.1, 0.15) is 0 Å². The third kappa shape index (κ3) is 10.1. The van der Waals surface area contributed by atoms with Crippen LogP contribution in [0.5, 0.6) is 11.5 Å². The minimum absolute atomic E-state index is 0.0426. The molecule has 0 aromatic heterocycles. The predicted octanol–water partition coefficient (Wildman–Crippen LogP) is 7.40. The van der Waals surface area contributed by atoms with E-state index in [-0.39, 0.29) is 11.5 Å². The molecule has 0 heterocycles. The zero-order valence-corrected chi connectivity index (χ0v) is 18.1. The van der Waals surface area contributed by atoms with Gasteiger partial charge in [-0.2, -0.15) is 0 Å². The number of aryl methyl sites for hydroxylation is 2. The Morgan fingerprint density at radius 1 is 0.654 bits per heavy atom. The van der Waals surface area contributed by atoms with E-state index in [1.54, 1.807) is 6.07 Å². The quantitative estimate of drug-likeness (QED) is 0.336. The first-order valence-electron chi connectivity index (χ1n) is 10.5. The summed E-state index contributed by atoms with van der Waals surface area (Å²) in [7, 11) is 0. The zero-order valence-electron chi connectivity index (χ0n) is 18.1. The van der Waals surface area contributed by atoms with Crippen molar-refractivity contribution >= 4 is 0 Å². The molecule has 2 nitrogen and oxygen atoms in total. The molecule has 1 aromatic rings. The van der Waals surface area contributed by atoms with Crippen molar-refractivity contribution in [1.29, 1.82) is 0 Å². The van der Waals surface area contributed by atoms with Gasteiger partial charge >= 0.3 is 0 Å². The van der Waals surface area contributed by atoms with Gasteiger partial charge in [0.25, 0.3) is 0 Å². The molecular weight excluding hydrogens is 320 g/mol. The van der Waals surface area contributed by atoms with Crippen LogP contribution < -0.4 is 0 Å². The monoisotopic (exact) mass is 362 g/mol. The molecule has 0 fully saturated rings. The molecule has 0 aliphatic rings. The highest BCUT2D eigenvalue weighted by Crippen LogP contribution is 2.33. The number of phenolic OH excluding ortho intramolecular Hbond substituents is 2. The summed E-state index contributed by atoms with van der Waals surface area (Å²) >= 11 is 0. The molecule has 0 spiro atoms. The second-order valence-corrected chi connectivity index (χ2v) is 10.4. The molecule has 0 amide bonds.